The van der Waals surface area contributed by atoms with Crippen molar-refractivity contribution >= 4 is 34.2 Å². The van der Waals surface area contributed by atoms with Gasteiger partial charge < -0.3 is 31.2 Å². The van der Waals surface area contributed by atoms with E-state index in [2.05, 4.69) is 27.9 Å². The zero-order valence-corrected chi connectivity index (χ0v) is 20.0. The number of hydrogen-bond donors (Lipinski definition) is 4. The normalized spacial score (nSPS) is 10.6. The maximum absolute atomic E-state index is 11.9. The van der Waals surface area contributed by atoms with Gasteiger partial charge in [0.05, 0.1) is 31.8 Å². The summed E-state index contributed by atoms with van der Waals surface area (Å²) in [6.07, 6.45) is 2.41. The zero-order chi connectivity index (χ0) is 24.7. The zero-order valence-electron chi connectivity index (χ0n) is 20.0. The molecule has 1 aromatic heterocycles. The van der Waals surface area contributed by atoms with Crippen molar-refractivity contribution in [2.75, 3.05) is 26.1 Å². The van der Waals surface area contributed by atoms with Crippen LogP contribution in [0.15, 0.2) is 36.5 Å². The number of nitrogens with two attached hydrogens (primary N) is 1. The third-order valence-corrected chi connectivity index (χ3v) is 5.48. The average Bonchev–Trinajstić information content (AvgIpc) is 2.83. The lowest BCUT2D eigenvalue weighted by atomic mass is 10.0. The number of aromatic nitrogens is 1. The summed E-state index contributed by atoms with van der Waals surface area (Å²) in [5, 5.41) is 9.89. The van der Waals surface area contributed by atoms with Gasteiger partial charge in [-0.1, -0.05) is 19.1 Å². The number of hydrogen-bond acceptors (Lipinski definition) is 6. The van der Waals surface area contributed by atoms with Gasteiger partial charge in [0.15, 0.2) is 11.5 Å². The molecule has 0 saturated heterocycles. The van der Waals surface area contributed by atoms with E-state index in [1.807, 2.05) is 31.2 Å². The summed E-state index contributed by atoms with van der Waals surface area (Å²) < 4.78 is 10.9. The Morgan fingerprint density at radius 2 is 1.76 bits per heavy atom. The number of nitrogens with zero attached hydrogens (tertiary/aromatic N) is 1. The molecule has 0 bridgehead atoms. The summed E-state index contributed by atoms with van der Waals surface area (Å²) in [5.41, 5.74) is 10.5. The van der Waals surface area contributed by atoms with E-state index < -0.39 is 5.91 Å². The molecule has 3 rings (SSSR count). The molecular formula is C25H31N5O4. The Morgan fingerprint density at radius 3 is 2.41 bits per heavy atom. The summed E-state index contributed by atoms with van der Waals surface area (Å²) in [7, 11) is 3.13. The Morgan fingerprint density at radius 1 is 1.03 bits per heavy atom. The first-order chi connectivity index (χ1) is 16.4. The van der Waals surface area contributed by atoms with E-state index in [4.69, 9.17) is 15.2 Å². The number of carbonyl (C=O) groups excluding carboxylic acids is 2. The molecule has 3 amide bonds. The quantitative estimate of drug-likeness (QED) is 0.363. The van der Waals surface area contributed by atoms with Crippen LogP contribution in [-0.4, -0.2) is 37.7 Å². The van der Waals surface area contributed by atoms with Crippen molar-refractivity contribution in [2.45, 2.75) is 33.2 Å². The minimum absolute atomic E-state index is 0.0273. The number of rotatable bonds is 10. The fourth-order valence-electron chi connectivity index (χ4n) is 3.90. The standard InChI is InChI=1S/C25H31N5O4/c1-5-17-15(13-29-25(32)27-6-2)8-7-9-19(17)30-24-16(10-23(26)31)14-28-20-12-22(34-4)21(33-3)11-18(20)24/h7-9,11-12,14H,5-6,10,13H2,1-4H3,(H2,26,31)(H,28,30)(H2,27,29,32). The Balaban J connectivity index is 2.09. The average molecular weight is 466 g/mol. The van der Waals surface area contributed by atoms with Gasteiger partial charge in [0, 0.05) is 42.0 Å². The van der Waals surface area contributed by atoms with Gasteiger partial charge in [0.25, 0.3) is 0 Å². The number of urea groups is 1. The van der Waals surface area contributed by atoms with E-state index in [9.17, 15) is 9.59 Å². The number of carbonyl (C=O) groups is 2. The molecule has 180 valence electrons. The minimum Gasteiger partial charge on any atom is -0.493 e. The lowest BCUT2D eigenvalue weighted by molar-refractivity contribution is -0.117. The van der Waals surface area contributed by atoms with Crippen molar-refractivity contribution in [2.24, 2.45) is 5.73 Å². The fourth-order valence-corrected chi connectivity index (χ4v) is 3.90. The van der Waals surface area contributed by atoms with Gasteiger partial charge in [0.1, 0.15) is 0 Å². The summed E-state index contributed by atoms with van der Waals surface area (Å²) in [6, 6.07) is 9.29. The summed E-state index contributed by atoms with van der Waals surface area (Å²) >= 11 is 0. The number of primary amides is 1. The van der Waals surface area contributed by atoms with Crippen molar-refractivity contribution in [1.29, 1.82) is 0 Å². The molecule has 2 aromatic carbocycles. The molecule has 1 heterocycles. The molecule has 0 radical (unpaired) electrons. The van der Waals surface area contributed by atoms with Gasteiger partial charge in [-0.15, -0.1) is 0 Å². The van der Waals surface area contributed by atoms with Crippen molar-refractivity contribution in [1.82, 2.24) is 15.6 Å². The molecule has 5 N–H and O–H groups in total. The van der Waals surface area contributed by atoms with Crippen molar-refractivity contribution in [3.8, 4) is 11.5 Å². The maximum atomic E-state index is 11.9. The summed E-state index contributed by atoms with van der Waals surface area (Å²) in [6.45, 7) is 4.87. The first kappa shape index (κ1) is 24.6. The highest BCUT2D eigenvalue weighted by Gasteiger charge is 2.17. The van der Waals surface area contributed by atoms with E-state index >= 15 is 0 Å². The van der Waals surface area contributed by atoms with Crippen LogP contribution in [0.3, 0.4) is 0 Å². The smallest absolute Gasteiger partial charge is 0.315 e. The number of anilines is 2. The molecule has 9 heteroatoms. The number of methoxy groups -OCH3 is 2. The van der Waals surface area contributed by atoms with E-state index in [0.29, 0.717) is 41.4 Å². The van der Waals surface area contributed by atoms with E-state index in [-0.39, 0.29) is 12.5 Å². The molecule has 0 aliphatic heterocycles. The Labute approximate surface area is 199 Å². The second-order valence-corrected chi connectivity index (χ2v) is 7.66. The van der Waals surface area contributed by atoms with Crippen LogP contribution in [0.25, 0.3) is 10.9 Å². The molecule has 0 fully saturated rings. The monoisotopic (exact) mass is 465 g/mol. The second kappa shape index (κ2) is 11.2. The number of fused-ring (bicyclic) bond motifs is 1. The number of pyridine rings is 1. The van der Waals surface area contributed by atoms with Gasteiger partial charge in [-0.3, -0.25) is 9.78 Å². The van der Waals surface area contributed by atoms with Crippen LogP contribution in [-0.2, 0) is 24.2 Å². The van der Waals surface area contributed by atoms with Crippen LogP contribution < -0.4 is 31.2 Å². The number of amides is 3. The molecule has 0 unspecified atom stereocenters. The Kier molecular flexibility index (Phi) is 8.13. The molecule has 0 spiro atoms. The van der Waals surface area contributed by atoms with Gasteiger partial charge >= 0.3 is 6.03 Å². The Hall–Kier alpha value is -4.01. The van der Waals surface area contributed by atoms with Crippen LogP contribution in [0.2, 0.25) is 0 Å². The topological polar surface area (TPSA) is 128 Å². The molecule has 3 aromatic rings. The van der Waals surface area contributed by atoms with Crippen molar-refractivity contribution < 1.29 is 19.1 Å². The second-order valence-electron chi connectivity index (χ2n) is 7.66. The molecule has 0 saturated carbocycles. The predicted molar refractivity (Wildman–Crippen MR) is 133 cm³/mol. The van der Waals surface area contributed by atoms with E-state index in [1.54, 1.807) is 26.5 Å². The molecule has 0 aliphatic rings. The van der Waals surface area contributed by atoms with Crippen LogP contribution in [0, 0.1) is 0 Å². The minimum atomic E-state index is -0.458. The van der Waals surface area contributed by atoms with Crippen LogP contribution >= 0.6 is 0 Å². The third kappa shape index (κ3) is 5.48. The van der Waals surface area contributed by atoms with Gasteiger partial charge in [-0.05, 0) is 36.6 Å². The lowest BCUT2D eigenvalue weighted by Gasteiger charge is -2.20. The lowest BCUT2D eigenvalue weighted by Crippen LogP contribution is -2.34. The largest absolute Gasteiger partial charge is 0.493 e. The van der Waals surface area contributed by atoms with Crippen molar-refractivity contribution in [3.05, 3.63) is 53.2 Å². The van der Waals surface area contributed by atoms with Crippen molar-refractivity contribution in [3.63, 3.8) is 0 Å². The highest BCUT2D eigenvalue weighted by Crippen LogP contribution is 2.38. The molecule has 0 aliphatic carbocycles. The molecular weight excluding hydrogens is 434 g/mol. The first-order valence-electron chi connectivity index (χ1n) is 11.1. The number of benzene rings is 2. The summed E-state index contributed by atoms with van der Waals surface area (Å²) in [5.74, 6) is 0.649. The third-order valence-electron chi connectivity index (χ3n) is 5.48. The number of ether oxygens (including phenoxy) is 2. The predicted octanol–water partition coefficient (Wildman–Crippen LogP) is 3.40. The molecule has 0 atom stereocenters. The van der Waals surface area contributed by atoms with Gasteiger partial charge in [-0.2, -0.15) is 0 Å². The van der Waals surface area contributed by atoms with Gasteiger partial charge in [-0.25, -0.2) is 4.79 Å². The van der Waals surface area contributed by atoms with E-state index in [1.165, 1.54) is 0 Å². The fraction of sp³-hybridized carbons (Fsp3) is 0.320. The summed E-state index contributed by atoms with van der Waals surface area (Å²) in [4.78, 5) is 28.2. The Bertz CT molecular complexity index is 1200. The highest BCUT2D eigenvalue weighted by molar-refractivity contribution is 5.98. The molecule has 9 nitrogen and oxygen atoms in total. The van der Waals surface area contributed by atoms with Crippen LogP contribution in [0.5, 0.6) is 11.5 Å². The van der Waals surface area contributed by atoms with Crippen LogP contribution in [0.4, 0.5) is 16.2 Å². The SMILES string of the molecule is CCNC(=O)NCc1cccc(Nc2c(CC(N)=O)cnc3cc(OC)c(OC)cc23)c1CC. The maximum Gasteiger partial charge on any atom is 0.315 e. The molecule has 34 heavy (non-hydrogen) atoms. The highest BCUT2D eigenvalue weighted by atomic mass is 16.5. The van der Waals surface area contributed by atoms with E-state index in [0.717, 1.165) is 28.6 Å². The first-order valence-corrected chi connectivity index (χ1v) is 11.1. The number of nitrogens with one attached hydrogen (secondary N) is 3. The van der Waals surface area contributed by atoms with Gasteiger partial charge in [0.2, 0.25) is 5.91 Å². The van der Waals surface area contributed by atoms with Crippen LogP contribution in [0.1, 0.15) is 30.5 Å².